The lowest BCUT2D eigenvalue weighted by molar-refractivity contribution is -0.384. The van der Waals surface area contributed by atoms with E-state index < -0.39 is 4.92 Å². The van der Waals surface area contributed by atoms with Crippen molar-refractivity contribution in [1.29, 1.82) is 0 Å². The van der Waals surface area contributed by atoms with Gasteiger partial charge in [-0.15, -0.1) is 0 Å². The minimum Gasteiger partial charge on any atom is -0.352 e. The summed E-state index contributed by atoms with van der Waals surface area (Å²) in [6, 6.07) is 5.89. The summed E-state index contributed by atoms with van der Waals surface area (Å²) in [6.07, 6.45) is 5.18. The summed E-state index contributed by atoms with van der Waals surface area (Å²) in [4.78, 5) is 22.3. The Morgan fingerprint density at radius 3 is 2.85 bits per heavy atom. The Balaban J connectivity index is 1.59. The first kappa shape index (κ1) is 13.1. The number of hydrogen-bond donors (Lipinski definition) is 1. The van der Waals surface area contributed by atoms with Crippen LogP contribution in [0.2, 0.25) is 0 Å². The average Bonchev–Trinajstić information content (AvgIpc) is 3.07. The number of non-ortho nitro benzene ring substituents is 1. The lowest BCUT2D eigenvalue weighted by atomic mass is 9.89. The molecule has 0 unspecified atom stereocenters. The maximum Gasteiger partial charge on any atom is 0.270 e. The second-order valence-electron chi connectivity index (χ2n) is 5.95. The van der Waals surface area contributed by atoms with Gasteiger partial charge in [-0.1, -0.05) is 12.5 Å². The second kappa shape index (κ2) is 5.23. The molecule has 2 aliphatic rings. The highest BCUT2D eigenvalue weighted by Gasteiger charge is 2.39. The number of benzene rings is 1. The smallest absolute Gasteiger partial charge is 0.270 e. The molecule has 2 aliphatic carbocycles. The van der Waals surface area contributed by atoms with Crippen molar-refractivity contribution < 1.29 is 9.72 Å². The van der Waals surface area contributed by atoms with Gasteiger partial charge in [0.05, 0.1) is 4.92 Å². The lowest BCUT2D eigenvalue weighted by Gasteiger charge is -2.21. The van der Waals surface area contributed by atoms with Crippen molar-refractivity contribution in [2.45, 2.75) is 25.7 Å². The fourth-order valence-electron chi connectivity index (χ4n) is 3.71. The van der Waals surface area contributed by atoms with Gasteiger partial charge in [-0.05, 0) is 43.1 Å². The van der Waals surface area contributed by atoms with Gasteiger partial charge in [0.15, 0.2) is 0 Å². The zero-order chi connectivity index (χ0) is 14.1. The number of nitrogens with one attached hydrogen (secondary N) is 1. The predicted octanol–water partition coefficient (Wildman–Crippen LogP) is 2.76. The largest absolute Gasteiger partial charge is 0.352 e. The molecule has 0 aromatic heterocycles. The summed E-state index contributed by atoms with van der Waals surface area (Å²) in [7, 11) is 0. The van der Waals surface area contributed by atoms with E-state index >= 15 is 0 Å². The molecule has 2 fully saturated rings. The van der Waals surface area contributed by atoms with Crippen LogP contribution in [-0.4, -0.2) is 17.4 Å². The Morgan fingerprint density at radius 2 is 2.20 bits per heavy atom. The van der Waals surface area contributed by atoms with E-state index in [0.29, 0.717) is 18.0 Å². The van der Waals surface area contributed by atoms with Crippen LogP contribution >= 0.6 is 0 Å². The lowest BCUT2D eigenvalue weighted by Crippen LogP contribution is -2.31. The molecule has 5 heteroatoms. The Kier molecular flexibility index (Phi) is 3.42. The van der Waals surface area contributed by atoms with E-state index in [9.17, 15) is 14.9 Å². The Morgan fingerprint density at radius 1 is 1.35 bits per heavy atom. The van der Waals surface area contributed by atoms with Crippen molar-refractivity contribution in [2.24, 2.45) is 17.8 Å². The van der Waals surface area contributed by atoms with E-state index in [4.69, 9.17) is 0 Å². The van der Waals surface area contributed by atoms with Gasteiger partial charge in [-0.3, -0.25) is 14.9 Å². The summed E-state index contributed by atoms with van der Waals surface area (Å²) in [5.74, 6) is 2.01. The molecule has 5 nitrogen and oxygen atoms in total. The van der Waals surface area contributed by atoms with Gasteiger partial charge in [0.25, 0.3) is 11.6 Å². The van der Waals surface area contributed by atoms with Crippen molar-refractivity contribution in [2.75, 3.05) is 6.54 Å². The number of hydrogen-bond acceptors (Lipinski definition) is 3. The van der Waals surface area contributed by atoms with Crippen LogP contribution in [-0.2, 0) is 0 Å². The van der Waals surface area contributed by atoms with Crippen LogP contribution in [0.15, 0.2) is 24.3 Å². The first-order chi connectivity index (χ1) is 9.63. The standard InChI is InChI=1S/C15H18N2O3/c18-15(12-2-1-3-14(8-12)17(19)20)16-9-13-7-10-4-5-11(13)6-10/h1-3,8,10-11,13H,4-7,9H2,(H,16,18)/t10-,11-,13-/m1/s1. The third-order valence-corrected chi connectivity index (χ3v) is 4.73. The number of carbonyl (C=O) groups is 1. The third kappa shape index (κ3) is 2.53. The fourth-order valence-corrected chi connectivity index (χ4v) is 3.71. The molecule has 3 rings (SSSR count). The van der Waals surface area contributed by atoms with Crippen molar-refractivity contribution in [3.05, 3.63) is 39.9 Å². The van der Waals surface area contributed by atoms with Crippen LogP contribution < -0.4 is 5.32 Å². The molecule has 20 heavy (non-hydrogen) atoms. The van der Waals surface area contributed by atoms with Crippen LogP contribution in [0, 0.1) is 27.9 Å². The van der Waals surface area contributed by atoms with Gasteiger partial charge in [-0.2, -0.15) is 0 Å². The topological polar surface area (TPSA) is 72.2 Å². The fraction of sp³-hybridized carbons (Fsp3) is 0.533. The first-order valence-corrected chi connectivity index (χ1v) is 7.16. The Bertz CT molecular complexity index is 544. The molecular weight excluding hydrogens is 256 g/mol. The van der Waals surface area contributed by atoms with Crippen molar-refractivity contribution in [3.63, 3.8) is 0 Å². The molecule has 1 aromatic rings. The maximum absolute atomic E-state index is 12.0. The summed E-state index contributed by atoms with van der Waals surface area (Å²) < 4.78 is 0. The SMILES string of the molecule is O=C(NC[C@H]1C[C@@H]2CC[C@@H]1C2)c1cccc([N+](=O)[O-])c1. The van der Waals surface area contributed by atoms with Crippen LogP contribution in [0.5, 0.6) is 0 Å². The van der Waals surface area contributed by atoms with Crippen LogP contribution in [0.3, 0.4) is 0 Å². The molecule has 1 aromatic carbocycles. The zero-order valence-electron chi connectivity index (χ0n) is 11.2. The summed E-state index contributed by atoms with van der Waals surface area (Å²) in [5.41, 5.74) is 0.319. The minimum atomic E-state index is -0.479. The van der Waals surface area contributed by atoms with E-state index in [0.717, 1.165) is 11.8 Å². The predicted molar refractivity (Wildman–Crippen MR) is 74.4 cm³/mol. The molecule has 2 bridgehead atoms. The van der Waals surface area contributed by atoms with Crippen molar-refractivity contribution in [3.8, 4) is 0 Å². The summed E-state index contributed by atoms with van der Waals surface area (Å²) in [6.45, 7) is 0.697. The quantitative estimate of drug-likeness (QED) is 0.677. The molecule has 3 atom stereocenters. The second-order valence-corrected chi connectivity index (χ2v) is 5.95. The molecule has 1 N–H and O–H groups in total. The molecule has 0 spiro atoms. The van der Waals surface area contributed by atoms with E-state index in [1.165, 1.54) is 37.8 Å². The van der Waals surface area contributed by atoms with E-state index in [1.807, 2.05) is 0 Å². The van der Waals surface area contributed by atoms with Crippen LogP contribution in [0.1, 0.15) is 36.0 Å². The first-order valence-electron chi connectivity index (χ1n) is 7.16. The summed E-state index contributed by atoms with van der Waals surface area (Å²) in [5, 5.41) is 13.6. The zero-order valence-corrected chi connectivity index (χ0v) is 11.2. The molecular formula is C15H18N2O3. The summed E-state index contributed by atoms with van der Waals surface area (Å²) >= 11 is 0. The number of carbonyl (C=O) groups excluding carboxylic acids is 1. The number of amides is 1. The molecule has 1 amide bonds. The van der Waals surface area contributed by atoms with Gasteiger partial charge in [-0.25, -0.2) is 0 Å². The van der Waals surface area contributed by atoms with Gasteiger partial charge in [0.2, 0.25) is 0 Å². The number of nitro benzene ring substituents is 1. The highest BCUT2D eigenvalue weighted by atomic mass is 16.6. The number of nitro groups is 1. The van der Waals surface area contributed by atoms with Gasteiger partial charge < -0.3 is 5.32 Å². The van der Waals surface area contributed by atoms with Crippen molar-refractivity contribution >= 4 is 11.6 Å². The molecule has 0 radical (unpaired) electrons. The van der Waals surface area contributed by atoms with Gasteiger partial charge in [0.1, 0.15) is 0 Å². The minimum absolute atomic E-state index is 0.0439. The molecule has 2 saturated carbocycles. The van der Waals surface area contributed by atoms with Crippen molar-refractivity contribution in [1.82, 2.24) is 5.32 Å². The Labute approximate surface area is 117 Å². The Hall–Kier alpha value is -1.91. The number of rotatable bonds is 4. The molecule has 0 saturated heterocycles. The van der Waals surface area contributed by atoms with Crippen LogP contribution in [0.25, 0.3) is 0 Å². The van der Waals surface area contributed by atoms with E-state index in [1.54, 1.807) is 12.1 Å². The molecule has 0 heterocycles. The monoisotopic (exact) mass is 274 g/mol. The highest BCUT2D eigenvalue weighted by molar-refractivity contribution is 5.94. The average molecular weight is 274 g/mol. The molecule has 0 aliphatic heterocycles. The van der Waals surface area contributed by atoms with Gasteiger partial charge in [0, 0.05) is 24.2 Å². The van der Waals surface area contributed by atoms with E-state index in [2.05, 4.69) is 5.32 Å². The van der Waals surface area contributed by atoms with E-state index in [-0.39, 0.29) is 11.6 Å². The number of nitrogens with zero attached hydrogens (tertiary/aromatic N) is 1. The van der Waals surface area contributed by atoms with Crippen LogP contribution in [0.4, 0.5) is 5.69 Å². The molecule has 106 valence electrons. The highest BCUT2D eigenvalue weighted by Crippen LogP contribution is 2.47. The normalized spacial score (nSPS) is 27.5. The number of fused-ring (bicyclic) bond motifs is 2. The van der Waals surface area contributed by atoms with Gasteiger partial charge >= 0.3 is 0 Å². The third-order valence-electron chi connectivity index (χ3n) is 4.73. The maximum atomic E-state index is 12.0.